The molecule has 4 heterocycles. The van der Waals surface area contributed by atoms with Gasteiger partial charge in [0.05, 0.1) is 29.8 Å². The number of aliphatic carboxylic acids is 1. The van der Waals surface area contributed by atoms with E-state index in [0.717, 1.165) is 30.4 Å². The number of amides is 4. The van der Waals surface area contributed by atoms with Crippen molar-refractivity contribution in [3.63, 3.8) is 0 Å². The van der Waals surface area contributed by atoms with Crippen molar-refractivity contribution in [2.24, 2.45) is 5.92 Å². The minimum Gasteiger partial charge on any atom is -0.479 e. The first-order valence-corrected chi connectivity index (χ1v) is 16.8. The molecule has 1 aliphatic carbocycles. The number of hydrogen-bond donors (Lipinski definition) is 3. The summed E-state index contributed by atoms with van der Waals surface area (Å²) in [6, 6.07) is 1.26. The van der Waals surface area contributed by atoms with Gasteiger partial charge in [-0.3, -0.25) is 14.5 Å². The molecule has 1 aromatic rings. The van der Waals surface area contributed by atoms with Gasteiger partial charge in [0.15, 0.2) is 0 Å². The zero-order valence-corrected chi connectivity index (χ0v) is 27.3. The molecule has 254 valence electrons. The van der Waals surface area contributed by atoms with Gasteiger partial charge >= 0.3 is 18.2 Å². The number of nitrogens with one attached hydrogen (secondary N) is 2. The van der Waals surface area contributed by atoms with Gasteiger partial charge in [0.1, 0.15) is 29.8 Å². The van der Waals surface area contributed by atoms with Crippen LogP contribution in [0.2, 0.25) is 10.0 Å². The monoisotopic (exact) mass is 692 g/mol. The maximum absolute atomic E-state index is 14.1. The third kappa shape index (κ3) is 7.31. The Hall–Kier alpha value is -3.55. The van der Waals surface area contributed by atoms with Crippen LogP contribution in [-0.2, 0) is 41.7 Å². The summed E-state index contributed by atoms with van der Waals surface area (Å²) in [4.78, 5) is 69.2. The number of carboxylic acids is 1. The molecule has 1 aromatic carbocycles. The standard InChI is InChI=1S/C32H38Cl2N4O9/c33-23-10-18-14-37(15-19(18)11-24(23)34)31(44)47-22-12-26-27(39)36-32(29(41)42)13-20(32)6-4-2-1-3-5-7-25(28(40)38(26)16-22)35-30(43)46-21-8-9-45-17-21/h4,6,10-11,20-22,25-26H,1-3,5,7-9,12-17H2,(H,35,43)(H,36,39)(H,41,42)/b6-4-/t20-,21?,22-,25+,26+,32-/m1/s1. The molecule has 2 saturated heterocycles. The van der Waals surface area contributed by atoms with E-state index in [9.17, 15) is 29.1 Å². The van der Waals surface area contributed by atoms with Crippen LogP contribution >= 0.6 is 23.2 Å². The number of carbonyl (C=O) groups is 5. The Bertz CT molecular complexity index is 1440. The molecular weight excluding hydrogens is 655 g/mol. The van der Waals surface area contributed by atoms with Crippen LogP contribution in [0, 0.1) is 5.92 Å². The predicted molar refractivity (Wildman–Crippen MR) is 168 cm³/mol. The molecule has 3 N–H and O–H groups in total. The molecule has 4 amide bonds. The lowest BCUT2D eigenvalue weighted by Crippen LogP contribution is -2.56. The van der Waals surface area contributed by atoms with Crippen molar-refractivity contribution >= 4 is 53.2 Å². The van der Waals surface area contributed by atoms with Gasteiger partial charge in [-0.05, 0) is 48.9 Å². The number of nitrogens with zero attached hydrogens (tertiary/aromatic N) is 2. The van der Waals surface area contributed by atoms with E-state index in [4.69, 9.17) is 37.4 Å². The number of alkyl carbamates (subject to hydrolysis) is 1. The topological polar surface area (TPSA) is 164 Å². The van der Waals surface area contributed by atoms with Crippen molar-refractivity contribution in [1.82, 2.24) is 20.4 Å². The Morgan fingerprint density at radius 1 is 1.02 bits per heavy atom. The summed E-state index contributed by atoms with van der Waals surface area (Å²) < 4.78 is 16.6. The molecule has 5 aliphatic rings. The first-order valence-electron chi connectivity index (χ1n) is 16.0. The van der Waals surface area contributed by atoms with Crippen LogP contribution in [0.1, 0.15) is 62.5 Å². The van der Waals surface area contributed by atoms with E-state index in [0.29, 0.717) is 35.9 Å². The molecule has 47 heavy (non-hydrogen) atoms. The highest BCUT2D eigenvalue weighted by molar-refractivity contribution is 6.42. The Morgan fingerprint density at radius 2 is 1.77 bits per heavy atom. The van der Waals surface area contributed by atoms with Crippen molar-refractivity contribution in [1.29, 1.82) is 0 Å². The Labute approximate surface area is 281 Å². The molecule has 6 rings (SSSR count). The molecule has 0 spiro atoms. The van der Waals surface area contributed by atoms with E-state index >= 15 is 0 Å². The third-order valence-electron chi connectivity index (χ3n) is 9.57. The van der Waals surface area contributed by atoms with E-state index in [-0.39, 0.29) is 45.0 Å². The number of halogens is 2. The number of carbonyl (C=O) groups excluding carboxylic acids is 4. The minimum absolute atomic E-state index is 0.0471. The number of fused-ring (bicyclic) bond motifs is 3. The van der Waals surface area contributed by atoms with E-state index in [1.165, 1.54) is 9.80 Å². The molecule has 0 radical (unpaired) electrons. The van der Waals surface area contributed by atoms with Crippen LogP contribution in [-0.4, -0.2) is 94.5 Å². The fraction of sp³-hybridized carbons (Fsp3) is 0.594. The second kappa shape index (κ2) is 13.9. The van der Waals surface area contributed by atoms with Gasteiger partial charge in [0, 0.05) is 31.8 Å². The Kier molecular flexibility index (Phi) is 9.86. The number of hydrogen-bond acceptors (Lipinski definition) is 8. The molecule has 0 bridgehead atoms. The van der Waals surface area contributed by atoms with Crippen molar-refractivity contribution in [2.45, 2.75) is 94.3 Å². The zero-order chi connectivity index (χ0) is 33.3. The first kappa shape index (κ1) is 33.4. The van der Waals surface area contributed by atoms with Crippen LogP contribution in [0.5, 0.6) is 0 Å². The van der Waals surface area contributed by atoms with Crippen LogP contribution in [0.3, 0.4) is 0 Å². The van der Waals surface area contributed by atoms with Crippen molar-refractivity contribution in [3.8, 4) is 0 Å². The predicted octanol–water partition coefficient (Wildman–Crippen LogP) is 3.78. The first-order chi connectivity index (χ1) is 22.5. The SMILES string of the molecule is O=C(N[C@H]1CCCCC/C=C\[C@@H]2C[C@@]2(C(=O)O)NC(=O)[C@@H]2C[C@@H](OC(=O)N3Cc4cc(Cl)c(Cl)cc4C3)CN2C1=O)OC1CCOC1. The second-order valence-corrected chi connectivity index (χ2v) is 13.7. The summed E-state index contributed by atoms with van der Waals surface area (Å²) in [5.74, 6) is -2.73. The van der Waals surface area contributed by atoms with Crippen LogP contribution in [0.25, 0.3) is 0 Å². The highest BCUT2D eigenvalue weighted by Gasteiger charge is 2.61. The van der Waals surface area contributed by atoms with E-state index < -0.39 is 59.8 Å². The summed E-state index contributed by atoms with van der Waals surface area (Å²) in [5.41, 5.74) is 0.190. The highest BCUT2D eigenvalue weighted by Crippen LogP contribution is 2.45. The average Bonchev–Trinajstić information content (AvgIpc) is 3.42. The van der Waals surface area contributed by atoms with Crippen LogP contribution < -0.4 is 10.6 Å². The minimum atomic E-state index is -1.48. The quantitative estimate of drug-likeness (QED) is 0.399. The normalized spacial score (nSPS) is 31.4. The molecule has 15 heteroatoms. The maximum atomic E-state index is 14.1. The summed E-state index contributed by atoms with van der Waals surface area (Å²) >= 11 is 12.3. The van der Waals surface area contributed by atoms with E-state index in [1.807, 2.05) is 12.2 Å². The van der Waals surface area contributed by atoms with Gasteiger partial charge in [-0.2, -0.15) is 0 Å². The molecule has 13 nitrogen and oxygen atoms in total. The van der Waals surface area contributed by atoms with Gasteiger partial charge in [-0.25, -0.2) is 14.4 Å². The molecule has 0 aromatic heterocycles. The van der Waals surface area contributed by atoms with E-state index in [1.54, 1.807) is 12.1 Å². The van der Waals surface area contributed by atoms with Gasteiger partial charge < -0.3 is 34.9 Å². The zero-order valence-electron chi connectivity index (χ0n) is 25.8. The molecular formula is C32H38Cl2N4O9. The molecule has 3 fully saturated rings. The van der Waals surface area contributed by atoms with Crippen LogP contribution in [0.15, 0.2) is 24.3 Å². The van der Waals surface area contributed by atoms with Gasteiger partial charge in [-0.1, -0.05) is 48.2 Å². The Balaban J connectivity index is 1.20. The van der Waals surface area contributed by atoms with Crippen LogP contribution in [0.4, 0.5) is 9.59 Å². The van der Waals surface area contributed by atoms with Gasteiger partial charge in [-0.15, -0.1) is 0 Å². The summed E-state index contributed by atoms with van der Waals surface area (Å²) in [6.45, 7) is 1.13. The summed E-state index contributed by atoms with van der Waals surface area (Å²) in [7, 11) is 0. The van der Waals surface area contributed by atoms with Crippen molar-refractivity contribution in [3.05, 3.63) is 45.5 Å². The van der Waals surface area contributed by atoms with Crippen molar-refractivity contribution in [2.75, 3.05) is 19.8 Å². The molecule has 1 unspecified atom stereocenters. The molecule has 6 atom stereocenters. The van der Waals surface area contributed by atoms with Gasteiger partial charge in [0.2, 0.25) is 11.8 Å². The highest BCUT2D eigenvalue weighted by atomic mass is 35.5. The second-order valence-electron chi connectivity index (χ2n) is 12.9. The van der Waals surface area contributed by atoms with Gasteiger partial charge in [0.25, 0.3) is 0 Å². The maximum Gasteiger partial charge on any atom is 0.410 e. The largest absolute Gasteiger partial charge is 0.479 e. The molecule has 1 saturated carbocycles. The lowest BCUT2D eigenvalue weighted by molar-refractivity contribution is -0.145. The number of carboxylic acid groups (broad SMARTS) is 1. The lowest BCUT2D eigenvalue weighted by Gasteiger charge is -2.29. The summed E-state index contributed by atoms with van der Waals surface area (Å²) in [5, 5.41) is 16.2. The molecule has 4 aliphatic heterocycles. The number of rotatable bonds is 4. The fourth-order valence-electron chi connectivity index (χ4n) is 6.82. The average molecular weight is 694 g/mol. The fourth-order valence-corrected chi connectivity index (χ4v) is 7.19. The van der Waals surface area contributed by atoms with E-state index in [2.05, 4.69) is 10.6 Å². The lowest BCUT2D eigenvalue weighted by atomic mass is 10.0. The Morgan fingerprint density at radius 3 is 2.45 bits per heavy atom. The smallest absolute Gasteiger partial charge is 0.410 e. The number of allylic oxidation sites excluding steroid dienone is 1. The van der Waals surface area contributed by atoms with Crippen molar-refractivity contribution < 1.29 is 43.3 Å². The number of ether oxygens (including phenoxy) is 3. The number of benzene rings is 1. The summed E-state index contributed by atoms with van der Waals surface area (Å²) in [6.07, 6.45) is 5.03. The third-order valence-corrected chi connectivity index (χ3v) is 10.3.